The van der Waals surface area contributed by atoms with Gasteiger partial charge in [0, 0.05) is 26.1 Å². The van der Waals surface area contributed by atoms with Crippen molar-refractivity contribution in [3.63, 3.8) is 0 Å². The van der Waals surface area contributed by atoms with Gasteiger partial charge in [-0.05, 0) is 25.7 Å². The molecular weight excluding hydrogens is 248 g/mol. The minimum absolute atomic E-state index is 0.107. The van der Waals surface area contributed by atoms with E-state index in [-0.39, 0.29) is 12.5 Å². The molecule has 1 heterocycles. The molecule has 0 aromatic carbocycles. The van der Waals surface area contributed by atoms with Crippen LogP contribution in [0.15, 0.2) is 0 Å². The number of amides is 2. The predicted octanol–water partition coefficient (Wildman–Crippen LogP) is 1.19. The number of carbonyl (C=O) groups excluding carboxylic acids is 1. The molecule has 1 aliphatic heterocycles. The van der Waals surface area contributed by atoms with Crippen molar-refractivity contribution in [1.29, 1.82) is 0 Å². The standard InChI is InChI=1S/C13H24N2O4/c16-11-6-5-9-15(10-11)13(19)14-8-4-2-1-3-7-12(17)18/h11,16H,1-10H2,(H,14,19)(H,17,18). The lowest BCUT2D eigenvalue weighted by atomic mass is 10.1. The summed E-state index contributed by atoms with van der Waals surface area (Å²) in [6, 6.07) is -0.107. The van der Waals surface area contributed by atoms with Crippen LogP contribution in [-0.4, -0.2) is 52.9 Å². The molecular formula is C13H24N2O4. The zero-order valence-corrected chi connectivity index (χ0v) is 11.3. The molecule has 1 rings (SSSR count). The van der Waals surface area contributed by atoms with E-state index in [1.54, 1.807) is 4.90 Å². The average Bonchev–Trinajstić information content (AvgIpc) is 2.37. The molecule has 0 bridgehead atoms. The number of piperidine rings is 1. The molecule has 0 aliphatic carbocycles. The number of unbranched alkanes of at least 4 members (excludes halogenated alkanes) is 3. The Morgan fingerprint density at radius 1 is 1.21 bits per heavy atom. The molecule has 0 aromatic rings. The highest BCUT2D eigenvalue weighted by atomic mass is 16.4. The van der Waals surface area contributed by atoms with Crippen molar-refractivity contribution in [3.05, 3.63) is 0 Å². The Kier molecular flexibility index (Phi) is 7.25. The highest BCUT2D eigenvalue weighted by Gasteiger charge is 2.21. The summed E-state index contributed by atoms with van der Waals surface area (Å²) in [4.78, 5) is 23.7. The van der Waals surface area contributed by atoms with E-state index < -0.39 is 12.1 Å². The van der Waals surface area contributed by atoms with Gasteiger partial charge in [0.05, 0.1) is 6.10 Å². The lowest BCUT2D eigenvalue weighted by Gasteiger charge is -2.30. The minimum atomic E-state index is -0.753. The molecule has 1 fully saturated rings. The van der Waals surface area contributed by atoms with Crippen LogP contribution in [0.2, 0.25) is 0 Å². The first kappa shape index (κ1) is 15.8. The first-order valence-electron chi connectivity index (χ1n) is 7.02. The number of nitrogens with one attached hydrogen (secondary N) is 1. The zero-order valence-electron chi connectivity index (χ0n) is 11.3. The molecule has 0 radical (unpaired) electrons. The van der Waals surface area contributed by atoms with E-state index in [1.165, 1.54) is 0 Å². The molecule has 110 valence electrons. The van der Waals surface area contributed by atoms with Crippen LogP contribution in [0.25, 0.3) is 0 Å². The molecule has 6 nitrogen and oxygen atoms in total. The van der Waals surface area contributed by atoms with Gasteiger partial charge in [0.15, 0.2) is 0 Å². The molecule has 1 unspecified atom stereocenters. The second-order valence-corrected chi connectivity index (χ2v) is 5.03. The van der Waals surface area contributed by atoms with Crippen molar-refractivity contribution in [3.8, 4) is 0 Å². The number of hydrogen-bond donors (Lipinski definition) is 3. The highest BCUT2D eigenvalue weighted by molar-refractivity contribution is 5.74. The van der Waals surface area contributed by atoms with Crippen molar-refractivity contribution in [2.24, 2.45) is 0 Å². The highest BCUT2D eigenvalue weighted by Crippen LogP contribution is 2.09. The van der Waals surface area contributed by atoms with E-state index in [0.29, 0.717) is 26.1 Å². The van der Waals surface area contributed by atoms with E-state index in [9.17, 15) is 14.7 Å². The van der Waals surface area contributed by atoms with Crippen molar-refractivity contribution in [1.82, 2.24) is 10.2 Å². The number of nitrogens with zero attached hydrogens (tertiary/aromatic N) is 1. The van der Waals surface area contributed by atoms with Crippen LogP contribution in [0, 0.1) is 0 Å². The number of rotatable bonds is 7. The van der Waals surface area contributed by atoms with Crippen LogP contribution in [0.5, 0.6) is 0 Å². The van der Waals surface area contributed by atoms with Gasteiger partial charge >= 0.3 is 12.0 Å². The first-order valence-corrected chi connectivity index (χ1v) is 7.02. The molecule has 1 saturated heterocycles. The molecule has 0 aromatic heterocycles. The Balaban J connectivity index is 1.99. The van der Waals surface area contributed by atoms with E-state index in [2.05, 4.69) is 5.32 Å². The number of aliphatic carboxylic acids is 1. The maximum Gasteiger partial charge on any atom is 0.317 e. The van der Waals surface area contributed by atoms with Gasteiger partial charge in [-0.15, -0.1) is 0 Å². The lowest BCUT2D eigenvalue weighted by Crippen LogP contribution is -2.47. The number of carboxylic acid groups (broad SMARTS) is 1. The maximum atomic E-state index is 11.7. The molecule has 6 heteroatoms. The smallest absolute Gasteiger partial charge is 0.317 e. The van der Waals surface area contributed by atoms with Crippen LogP contribution < -0.4 is 5.32 Å². The Bertz CT molecular complexity index is 296. The second kappa shape index (κ2) is 8.74. The van der Waals surface area contributed by atoms with Crippen LogP contribution in [0.4, 0.5) is 4.79 Å². The molecule has 1 atom stereocenters. The first-order chi connectivity index (χ1) is 9.09. The van der Waals surface area contributed by atoms with Gasteiger partial charge in [0.1, 0.15) is 0 Å². The number of likely N-dealkylation sites (tertiary alicyclic amines) is 1. The predicted molar refractivity (Wildman–Crippen MR) is 70.9 cm³/mol. The summed E-state index contributed by atoms with van der Waals surface area (Å²) in [5.41, 5.74) is 0. The third-order valence-corrected chi connectivity index (χ3v) is 3.28. The van der Waals surface area contributed by atoms with Crippen LogP contribution in [0.1, 0.15) is 44.9 Å². The quantitative estimate of drug-likeness (QED) is 0.607. The minimum Gasteiger partial charge on any atom is -0.481 e. The molecule has 19 heavy (non-hydrogen) atoms. The summed E-state index contributed by atoms with van der Waals surface area (Å²) < 4.78 is 0. The van der Waals surface area contributed by atoms with Gasteiger partial charge in [-0.2, -0.15) is 0 Å². The van der Waals surface area contributed by atoms with Crippen LogP contribution in [-0.2, 0) is 4.79 Å². The third kappa shape index (κ3) is 7.00. The summed E-state index contributed by atoms with van der Waals surface area (Å²) >= 11 is 0. The van der Waals surface area contributed by atoms with Gasteiger partial charge in [0.2, 0.25) is 0 Å². The summed E-state index contributed by atoms with van der Waals surface area (Å²) in [5, 5.41) is 20.8. The van der Waals surface area contributed by atoms with Crippen molar-refractivity contribution in [2.75, 3.05) is 19.6 Å². The number of aliphatic hydroxyl groups excluding tert-OH is 1. The summed E-state index contributed by atoms with van der Waals surface area (Å²) in [5.74, 6) is -0.753. The monoisotopic (exact) mass is 272 g/mol. The van der Waals surface area contributed by atoms with Gasteiger partial charge < -0.3 is 20.4 Å². The molecule has 0 saturated carbocycles. The van der Waals surface area contributed by atoms with Crippen molar-refractivity contribution in [2.45, 2.75) is 51.0 Å². The molecule has 1 aliphatic rings. The Hall–Kier alpha value is -1.30. The fraction of sp³-hybridized carbons (Fsp3) is 0.846. The largest absolute Gasteiger partial charge is 0.481 e. The maximum absolute atomic E-state index is 11.7. The molecule has 3 N–H and O–H groups in total. The van der Waals surface area contributed by atoms with E-state index in [1.807, 2.05) is 0 Å². The van der Waals surface area contributed by atoms with Gasteiger partial charge in [-0.3, -0.25) is 4.79 Å². The number of aliphatic hydroxyl groups is 1. The number of β-amino-alcohol motifs (C(OH)–C–C–N with tert-alkyl or cyclic N) is 1. The Morgan fingerprint density at radius 2 is 1.95 bits per heavy atom. The number of hydrogen-bond acceptors (Lipinski definition) is 3. The van der Waals surface area contributed by atoms with Gasteiger partial charge in [0.25, 0.3) is 0 Å². The van der Waals surface area contributed by atoms with E-state index >= 15 is 0 Å². The van der Waals surface area contributed by atoms with Crippen molar-refractivity contribution >= 4 is 12.0 Å². The average molecular weight is 272 g/mol. The van der Waals surface area contributed by atoms with Crippen LogP contribution in [0.3, 0.4) is 0 Å². The second-order valence-electron chi connectivity index (χ2n) is 5.03. The topological polar surface area (TPSA) is 89.9 Å². The van der Waals surface area contributed by atoms with Gasteiger partial charge in [-0.1, -0.05) is 12.8 Å². The summed E-state index contributed by atoms with van der Waals surface area (Å²) in [7, 11) is 0. The number of carbonyl (C=O) groups is 2. The number of urea groups is 1. The van der Waals surface area contributed by atoms with E-state index in [4.69, 9.17) is 5.11 Å². The van der Waals surface area contributed by atoms with Crippen molar-refractivity contribution < 1.29 is 19.8 Å². The summed E-state index contributed by atoms with van der Waals surface area (Å²) in [6.07, 6.45) is 4.81. The third-order valence-electron chi connectivity index (χ3n) is 3.28. The number of carboxylic acids is 1. The molecule has 2 amide bonds. The fourth-order valence-corrected chi connectivity index (χ4v) is 2.20. The summed E-state index contributed by atoms with van der Waals surface area (Å²) in [6.45, 7) is 1.74. The normalized spacial score (nSPS) is 19.2. The SMILES string of the molecule is O=C(O)CCCCCCNC(=O)N1CCCC(O)C1. The fourth-order valence-electron chi connectivity index (χ4n) is 2.20. The van der Waals surface area contributed by atoms with Crippen LogP contribution >= 0.6 is 0 Å². The zero-order chi connectivity index (χ0) is 14.1. The Labute approximate surface area is 113 Å². The lowest BCUT2D eigenvalue weighted by molar-refractivity contribution is -0.137. The van der Waals surface area contributed by atoms with E-state index in [0.717, 1.165) is 32.1 Å². The Morgan fingerprint density at radius 3 is 2.63 bits per heavy atom. The molecule has 0 spiro atoms. The van der Waals surface area contributed by atoms with Gasteiger partial charge in [-0.25, -0.2) is 4.79 Å².